The molecule has 0 spiro atoms. The number of rotatable bonds is 6. The van der Waals surface area contributed by atoms with Crippen molar-refractivity contribution >= 4 is 5.91 Å². The Balaban J connectivity index is 2.42. The van der Waals surface area contributed by atoms with Gasteiger partial charge in [-0.05, 0) is 45.1 Å². The van der Waals surface area contributed by atoms with Crippen LogP contribution in [0.1, 0.15) is 47.0 Å². The summed E-state index contributed by atoms with van der Waals surface area (Å²) in [6.45, 7) is 11.9. The Morgan fingerprint density at radius 2 is 2.14 bits per heavy atom. The molecular weight excluding hydrogens is 262 g/mol. The normalized spacial score (nSPS) is 27.1. The van der Waals surface area contributed by atoms with E-state index in [2.05, 4.69) is 31.8 Å². The van der Waals surface area contributed by atoms with E-state index < -0.39 is 0 Å². The highest BCUT2D eigenvalue weighted by Gasteiger charge is 2.28. The van der Waals surface area contributed by atoms with Gasteiger partial charge in [0.2, 0.25) is 5.91 Å². The Morgan fingerprint density at radius 3 is 2.71 bits per heavy atom. The summed E-state index contributed by atoms with van der Waals surface area (Å²) in [5.41, 5.74) is 1.18. The molecule has 0 unspecified atom stereocenters. The van der Waals surface area contributed by atoms with Crippen molar-refractivity contribution in [2.24, 2.45) is 5.92 Å². The van der Waals surface area contributed by atoms with E-state index in [1.165, 1.54) is 5.57 Å². The van der Waals surface area contributed by atoms with Crippen LogP contribution in [0.4, 0.5) is 0 Å². The van der Waals surface area contributed by atoms with E-state index in [4.69, 9.17) is 4.74 Å². The fourth-order valence-electron chi connectivity index (χ4n) is 2.34. The van der Waals surface area contributed by atoms with Gasteiger partial charge in [0.25, 0.3) is 0 Å². The van der Waals surface area contributed by atoms with Crippen LogP contribution in [-0.4, -0.2) is 24.2 Å². The first-order chi connectivity index (χ1) is 9.92. The van der Waals surface area contributed by atoms with Crippen molar-refractivity contribution in [2.75, 3.05) is 0 Å². The lowest BCUT2D eigenvalue weighted by Gasteiger charge is -2.34. The van der Waals surface area contributed by atoms with Gasteiger partial charge in [-0.2, -0.15) is 0 Å². The van der Waals surface area contributed by atoms with Gasteiger partial charge in [-0.3, -0.25) is 4.79 Å². The molecule has 0 aromatic rings. The highest BCUT2D eigenvalue weighted by molar-refractivity contribution is 5.87. The predicted octanol–water partition coefficient (Wildman–Crippen LogP) is 3.77. The average molecular weight is 291 g/mol. The molecule has 0 saturated carbocycles. The SMILES string of the molecule is C=C/C(C)=C/C[C@H]1CC[C@@H](NC(=O)/C=C\C(C)C)[C@@H](C)O1. The summed E-state index contributed by atoms with van der Waals surface area (Å²) in [5, 5.41) is 3.04. The Kier molecular flexibility index (Phi) is 7.44. The monoisotopic (exact) mass is 291 g/mol. The lowest BCUT2D eigenvalue weighted by molar-refractivity contribution is -0.120. The summed E-state index contributed by atoms with van der Waals surface area (Å²) >= 11 is 0. The molecule has 1 saturated heterocycles. The van der Waals surface area contributed by atoms with E-state index in [0.29, 0.717) is 5.92 Å². The number of amides is 1. The van der Waals surface area contributed by atoms with E-state index in [1.807, 2.05) is 26.0 Å². The molecule has 1 fully saturated rings. The lowest BCUT2D eigenvalue weighted by atomic mass is 9.97. The second-order valence-electron chi connectivity index (χ2n) is 6.15. The number of nitrogens with one attached hydrogen (secondary N) is 1. The molecule has 1 heterocycles. The van der Waals surface area contributed by atoms with Gasteiger partial charge in [-0.15, -0.1) is 0 Å². The van der Waals surface area contributed by atoms with E-state index in [0.717, 1.165) is 19.3 Å². The summed E-state index contributed by atoms with van der Waals surface area (Å²) < 4.78 is 6.00. The van der Waals surface area contributed by atoms with Crippen LogP contribution in [-0.2, 0) is 9.53 Å². The number of hydrogen-bond donors (Lipinski definition) is 1. The number of allylic oxidation sites excluding steroid dienone is 3. The molecule has 0 bridgehead atoms. The topological polar surface area (TPSA) is 38.3 Å². The third-order valence-corrected chi connectivity index (χ3v) is 3.76. The van der Waals surface area contributed by atoms with Gasteiger partial charge in [0.15, 0.2) is 0 Å². The van der Waals surface area contributed by atoms with Crippen LogP contribution in [0, 0.1) is 5.92 Å². The number of carbonyl (C=O) groups is 1. The quantitative estimate of drug-likeness (QED) is 0.597. The van der Waals surface area contributed by atoms with E-state index >= 15 is 0 Å². The molecule has 0 aromatic heterocycles. The summed E-state index contributed by atoms with van der Waals surface area (Å²) in [6, 6.07) is 0.107. The maximum Gasteiger partial charge on any atom is 0.243 e. The zero-order valence-corrected chi connectivity index (χ0v) is 13.8. The van der Waals surface area contributed by atoms with E-state index in [1.54, 1.807) is 6.08 Å². The van der Waals surface area contributed by atoms with E-state index in [-0.39, 0.29) is 24.2 Å². The van der Waals surface area contributed by atoms with Crippen LogP contribution in [0.5, 0.6) is 0 Å². The molecule has 1 aliphatic rings. The van der Waals surface area contributed by atoms with E-state index in [9.17, 15) is 4.79 Å². The van der Waals surface area contributed by atoms with Gasteiger partial charge in [-0.1, -0.05) is 44.2 Å². The first-order valence-electron chi connectivity index (χ1n) is 7.85. The number of ether oxygens (including phenoxy) is 1. The minimum atomic E-state index is -0.0232. The van der Waals surface area contributed by atoms with Crippen LogP contribution < -0.4 is 5.32 Å². The fraction of sp³-hybridized carbons (Fsp3) is 0.611. The third-order valence-electron chi connectivity index (χ3n) is 3.76. The van der Waals surface area contributed by atoms with Crippen molar-refractivity contribution in [2.45, 2.75) is 65.2 Å². The molecule has 3 nitrogen and oxygen atoms in total. The van der Waals surface area contributed by atoms with Crippen molar-refractivity contribution in [3.63, 3.8) is 0 Å². The number of carbonyl (C=O) groups excluding carboxylic acids is 1. The van der Waals surface area contributed by atoms with Gasteiger partial charge < -0.3 is 10.1 Å². The summed E-state index contributed by atoms with van der Waals surface area (Å²) in [6.07, 6.45) is 10.7. The molecule has 1 rings (SSSR count). The molecular formula is C18H29NO2. The third kappa shape index (κ3) is 6.76. The maximum atomic E-state index is 11.8. The van der Waals surface area contributed by atoms with Gasteiger partial charge in [0, 0.05) is 0 Å². The van der Waals surface area contributed by atoms with Crippen LogP contribution in [0.3, 0.4) is 0 Å². The second-order valence-corrected chi connectivity index (χ2v) is 6.15. The van der Waals surface area contributed by atoms with Gasteiger partial charge in [0.1, 0.15) is 0 Å². The molecule has 1 amide bonds. The van der Waals surface area contributed by atoms with Gasteiger partial charge >= 0.3 is 0 Å². The average Bonchev–Trinajstić information content (AvgIpc) is 2.45. The van der Waals surface area contributed by atoms with Gasteiger partial charge in [0.05, 0.1) is 18.2 Å². The minimum Gasteiger partial charge on any atom is -0.373 e. The Hall–Kier alpha value is -1.35. The fourth-order valence-corrected chi connectivity index (χ4v) is 2.34. The Labute approximate surface area is 129 Å². The summed E-state index contributed by atoms with van der Waals surface area (Å²) in [5.74, 6) is 0.366. The lowest BCUT2D eigenvalue weighted by Crippen LogP contribution is -2.47. The van der Waals surface area contributed by atoms with Crippen LogP contribution in [0.25, 0.3) is 0 Å². The standard InChI is InChI=1S/C18H29NO2/c1-6-14(4)8-9-16-10-11-17(15(5)21-16)19-18(20)12-7-13(2)3/h6-8,12-13,15-17H,1,9-11H2,2-5H3,(H,19,20)/b12-7-,14-8+/t15-,16+,17-/m1/s1. The zero-order valence-electron chi connectivity index (χ0n) is 13.8. The molecule has 3 atom stereocenters. The maximum absolute atomic E-state index is 11.8. The minimum absolute atomic E-state index is 0.0232. The molecule has 118 valence electrons. The molecule has 0 radical (unpaired) electrons. The van der Waals surface area contributed by atoms with Crippen LogP contribution in [0.15, 0.2) is 36.5 Å². The summed E-state index contributed by atoms with van der Waals surface area (Å²) in [4.78, 5) is 11.8. The molecule has 1 aliphatic heterocycles. The highest BCUT2D eigenvalue weighted by Crippen LogP contribution is 2.22. The molecule has 0 aliphatic carbocycles. The smallest absolute Gasteiger partial charge is 0.243 e. The van der Waals surface area contributed by atoms with Crippen LogP contribution >= 0.6 is 0 Å². The Morgan fingerprint density at radius 1 is 1.43 bits per heavy atom. The van der Waals surface area contributed by atoms with Gasteiger partial charge in [-0.25, -0.2) is 0 Å². The first-order valence-corrected chi connectivity index (χ1v) is 7.85. The molecule has 1 N–H and O–H groups in total. The summed E-state index contributed by atoms with van der Waals surface area (Å²) in [7, 11) is 0. The number of hydrogen-bond acceptors (Lipinski definition) is 2. The van der Waals surface area contributed by atoms with Crippen molar-refractivity contribution < 1.29 is 9.53 Å². The van der Waals surface area contributed by atoms with Crippen molar-refractivity contribution in [3.8, 4) is 0 Å². The predicted molar refractivity (Wildman–Crippen MR) is 88.0 cm³/mol. The Bertz CT molecular complexity index is 409. The second kappa shape index (κ2) is 8.83. The van der Waals surface area contributed by atoms with Crippen LogP contribution in [0.2, 0.25) is 0 Å². The molecule has 0 aromatic carbocycles. The van der Waals surface area contributed by atoms with Crippen molar-refractivity contribution in [1.29, 1.82) is 0 Å². The van der Waals surface area contributed by atoms with Crippen molar-refractivity contribution in [3.05, 3.63) is 36.5 Å². The highest BCUT2D eigenvalue weighted by atomic mass is 16.5. The van der Waals surface area contributed by atoms with Crippen molar-refractivity contribution in [1.82, 2.24) is 5.32 Å². The molecule has 3 heteroatoms. The zero-order chi connectivity index (χ0) is 15.8. The first kappa shape index (κ1) is 17.7. The largest absolute Gasteiger partial charge is 0.373 e. The molecule has 21 heavy (non-hydrogen) atoms.